The van der Waals surface area contributed by atoms with Crippen molar-refractivity contribution in [3.05, 3.63) is 101 Å². The summed E-state index contributed by atoms with van der Waals surface area (Å²) in [5.74, 6) is -0.902. The van der Waals surface area contributed by atoms with E-state index in [2.05, 4.69) is 5.10 Å². The van der Waals surface area contributed by atoms with E-state index < -0.39 is 42.0 Å². The van der Waals surface area contributed by atoms with E-state index in [0.29, 0.717) is 23.4 Å². The van der Waals surface area contributed by atoms with Crippen LogP contribution in [-0.4, -0.2) is 61.4 Å². The Morgan fingerprint density at radius 1 is 0.975 bits per heavy atom. The van der Waals surface area contributed by atoms with Crippen molar-refractivity contribution in [2.45, 2.75) is 18.6 Å². The zero-order valence-electron chi connectivity index (χ0n) is 21.8. The van der Waals surface area contributed by atoms with Gasteiger partial charge >= 0.3 is 6.18 Å². The number of hydrazone groups is 1. The zero-order chi connectivity index (χ0) is 28.9. The predicted octanol–water partition coefficient (Wildman–Crippen LogP) is 5.32. The van der Waals surface area contributed by atoms with Crippen molar-refractivity contribution in [2.24, 2.45) is 5.10 Å². The minimum absolute atomic E-state index is 0.000492. The molecule has 3 aromatic rings. The number of halogens is 4. The van der Waals surface area contributed by atoms with Crippen LogP contribution >= 0.6 is 0 Å². The van der Waals surface area contributed by atoms with E-state index in [-0.39, 0.29) is 18.7 Å². The largest absolute Gasteiger partial charge is 0.497 e. The molecule has 210 valence electrons. The number of hydrogen-bond acceptors (Lipinski definition) is 5. The number of ether oxygens (including phenoxy) is 2. The van der Waals surface area contributed by atoms with Gasteiger partial charge < -0.3 is 14.4 Å². The molecule has 40 heavy (non-hydrogen) atoms. The maximum atomic E-state index is 13.6. The van der Waals surface area contributed by atoms with E-state index >= 15 is 0 Å². The van der Waals surface area contributed by atoms with Crippen LogP contribution in [0.1, 0.15) is 39.5 Å². The Morgan fingerprint density at radius 2 is 1.62 bits per heavy atom. The van der Waals surface area contributed by atoms with Gasteiger partial charge in [0.15, 0.2) is 0 Å². The van der Waals surface area contributed by atoms with Gasteiger partial charge in [0.05, 0.1) is 31.0 Å². The van der Waals surface area contributed by atoms with Crippen LogP contribution in [0.25, 0.3) is 0 Å². The van der Waals surface area contributed by atoms with Crippen molar-refractivity contribution >= 4 is 17.5 Å². The highest BCUT2D eigenvalue weighted by Crippen LogP contribution is 2.34. The molecule has 1 atom stereocenters. The second kappa shape index (κ2) is 12.3. The molecule has 0 saturated heterocycles. The molecule has 11 heteroatoms. The van der Waals surface area contributed by atoms with Crippen LogP contribution < -0.4 is 4.74 Å². The van der Waals surface area contributed by atoms with E-state index in [4.69, 9.17) is 9.47 Å². The Morgan fingerprint density at radius 3 is 2.20 bits per heavy atom. The van der Waals surface area contributed by atoms with Crippen LogP contribution in [0.5, 0.6) is 5.75 Å². The van der Waals surface area contributed by atoms with E-state index in [1.54, 1.807) is 31.4 Å². The lowest BCUT2D eigenvalue weighted by atomic mass is 9.98. The summed E-state index contributed by atoms with van der Waals surface area (Å²) in [4.78, 5) is 28.1. The third-order valence-corrected chi connectivity index (χ3v) is 6.48. The topological polar surface area (TPSA) is 71.4 Å². The molecule has 0 aromatic heterocycles. The number of amides is 2. The third kappa shape index (κ3) is 6.66. The number of nitrogens with zero attached hydrogens (tertiary/aromatic N) is 3. The van der Waals surface area contributed by atoms with E-state index in [1.165, 1.54) is 29.2 Å². The van der Waals surface area contributed by atoms with Crippen LogP contribution in [0.4, 0.5) is 17.6 Å². The van der Waals surface area contributed by atoms with E-state index in [0.717, 1.165) is 29.8 Å². The highest BCUT2D eigenvalue weighted by molar-refractivity contribution is 6.03. The summed E-state index contributed by atoms with van der Waals surface area (Å²) in [5.41, 5.74) is 1.10. The summed E-state index contributed by atoms with van der Waals surface area (Å²) in [6, 6.07) is 16.2. The molecular formula is C29H27F4N3O4. The highest BCUT2D eigenvalue weighted by Gasteiger charge is 2.35. The first-order valence-electron chi connectivity index (χ1n) is 12.4. The summed E-state index contributed by atoms with van der Waals surface area (Å²) >= 11 is 0. The fourth-order valence-electron chi connectivity index (χ4n) is 4.32. The molecule has 0 bridgehead atoms. The van der Waals surface area contributed by atoms with Crippen LogP contribution in [0.2, 0.25) is 0 Å². The molecule has 3 aromatic carbocycles. The van der Waals surface area contributed by atoms with Gasteiger partial charge in [0.2, 0.25) is 0 Å². The molecule has 1 aliphatic heterocycles. The minimum atomic E-state index is -4.54. The molecule has 4 rings (SSSR count). The van der Waals surface area contributed by atoms with E-state index in [9.17, 15) is 27.2 Å². The van der Waals surface area contributed by atoms with Gasteiger partial charge in [-0.25, -0.2) is 9.40 Å². The number of carbonyl (C=O) groups is 2. The lowest BCUT2D eigenvalue weighted by Crippen LogP contribution is -2.42. The second-order valence-corrected chi connectivity index (χ2v) is 9.08. The van der Waals surface area contributed by atoms with Crippen molar-refractivity contribution in [3.8, 4) is 5.75 Å². The molecular weight excluding hydrogens is 530 g/mol. The number of methoxy groups -OCH3 is 2. The second-order valence-electron chi connectivity index (χ2n) is 9.08. The molecule has 0 spiro atoms. The Bertz CT molecular complexity index is 1360. The van der Waals surface area contributed by atoms with Crippen molar-refractivity contribution in [1.82, 2.24) is 9.91 Å². The van der Waals surface area contributed by atoms with Crippen LogP contribution in [0.15, 0.2) is 77.9 Å². The van der Waals surface area contributed by atoms with Gasteiger partial charge in [0, 0.05) is 25.6 Å². The average molecular weight is 558 g/mol. The summed E-state index contributed by atoms with van der Waals surface area (Å²) in [6.45, 7) is -0.264. The first kappa shape index (κ1) is 28.8. The fraction of sp³-hybridized carbons (Fsp3) is 0.276. The van der Waals surface area contributed by atoms with Crippen molar-refractivity contribution in [1.29, 1.82) is 0 Å². The lowest BCUT2D eigenvalue weighted by Gasteiger charge is -2.27. The van der Waals surface area contributed by atoms with Gasteiger partial charge in [-0.2, -0.15) is 18.3 Å². The van der Waals surface area contributed by atoms with Crippen LogP contribution in [-0.2, 0) is 15.7 Å². The Balaban J connectivity index is 1.61. The summed E-state index contributed by atoms with van der Waals surface area (Å²) < 4.78 is 62.8. The molecule has 7 nitrogen and oxygen atoms in total. The molecule has 1 aliphatic rings. The summed E-state index contributed by atoms with van der Waals surface area (Å²) in [7, 11) is 2.97. The van der Waals surface area contributed by atoms with Crippen LogP contribution in [0, 0.1) is 5.82 Å². The Hall–Kier alpha value is -4.25. The Labute approximate surface area is 228 Å². The first-order valence-corrected chi connectivity index (χ1v) is 12.4. The monoisotopic (exact) mass is 557 g/mol. The normalized spacial score (nSPS) is 15.1. The minimum Gasteiger partial charge on any atom is -0.497 e. The van der Waals surface area contributed by atoms with Crippen molar-refractivity contribution in [3.63, 3.8) is 0 Å². The first-order chi connectivity index (χ1) is 19.1. The molecule has 0 aliphatic carbocycles. The summed E-state index contributed by atoms with van der Waals surface area (Å²) in [5, 5.41) is 5.84. The average Bonchev–Trinajstić information content (AvgIpc) is 3.40. The zero-order valence-corrected chi connectivity index (χ0v) is 21.8. The SMILES string of the molecule is COCCN(CC(=O)N1N=C(c2ccc(F)cc2)C[C@H]1c1ccc(OC)cc1)C(=O)c1ccc(C(F)(F)F)cc1. The molecule has 0 N–H and O–H groups in total. The molecule has 2 amide bonds. The molecule has 0 radical (unpaired) electrons. The van der Waals surface area contributed by atoms with Gasteiger partial charge in [-0.05, 0) is 59.7 Å². The predicted molar refractivity (Wildman–Crippen MR) is 139 cm³/mol. The van der Waals surface area contributed by atoms with Gasteiger partial charge in [-0.15, -0.1) is 0 Å². The fourth-order valence-corrected chi connectivity index (χ4v) is 4.32. The Kier molecular flexibility index (Phi) is 8.83. The summed E-state index contributed by atoms with van der Waals surface area (Å²) in [6.07, 6.45) is -4.20. The number of benzene rings is 3. The maximum absolute atomic E-state index is 13.6. The molecule has 0 unspecified atom stereocenters. The quantitative estimate of drug-likeness (QED) is 0.334. The van der Waals surface area contributed by atoms with Gasteiger partial charge in [0.25, 0.3) is 11.8 Å². The molecule has 1 heterocycles. The third-order valence-electron chi connectivity index (χ3n) is 6.48. The number of carbonyl (C=O) groups excluding carboxylic acids is 2. The van der Waals surface area contributed by atoms with Gasteiger partial charge in [-0.1, -0.05) is 24.3 Å². The van der Waals surface area contributed by atoms with Crippen LogP contribution in [0.3, 0.4) is 0 Å². The van der Waals surface area contributed by atoms with Crippen molar-refractivity contribution < 1.29 is 36.6 Å². The molecule has 0 saturated carbocycles. The van der Waals surface area contributed by atoms with Gasteiger partial charge in [-0.3, -0.25) is 9.59 Å². The highest BCUT2D eigenvalue weighted by atomic mass is 19.4. The molecule has 0 fully saturated rings. The van der Waals surface area contributed by atoms with Gasteiger partial charge in [0.1, 0.15) is 18.1 Å². The van der Waals surface area contributed by atoms with E-state index in [1.807, 2.05) is 12.1 Å². The van der Waals surface area contributed by atoms with Crippen molar-refractivity contribution in [2.75, 3.05) is 33.9 Å². The standard InChI is InChI=1S/C29H27F4N3O4/c1-39-16-15-35(28(38)21-3-9-22(10-4-21)29(31,32)33)18-27(37)36-26(20-7-13-24(40-2)14-8-20)17-25(34-36)19-5-11-23(30)12-6-19/h3-14,26H,15-18H2,1-2H3/t26-/m0/s1. The number of alkyl halides is 3. The number of hydrogen-bond donors (Lipinski definition) is 0. The maximum Gasteiger partial charge on any atom is 0.416 e. The number of rotatable bonds is 9. The lowest BCUT2D eigenvalue weighted by molar-refractivity contribution is -0.137. The smallest absolute Gasteiger partial charge is 0.416 e.